The first kappa shape index (κ1) is 16.6. The number of aliphatic hydroxyl groups excluding tert-OH is 1. The molecule has 2 aromatic rings. The Morgan fingerprint density at radius 1 is 1.32 bits per heavy atom. The first-order valence-electron chi connectivity index (χ1n) is 7.26. The SMILES string of the molecule is C1CCOC1.COCc1nn(-c2ccccc2F)cc1CO. The lowest BCUT2D eigenvalue weighted by molar-refractivity contribution is 0.178. The Kier molecular flexibility index (Phi) is 6.51. The predicted molar refractivity (Wildman–Crippen MR) is 80.2 cm³/mol. The molecule has 5 nitrogen and oxygen atoms in total. The van der Waals surface area contributed by atoms with Crippen molar-refractivity contribution in [2.75, 3.05) is 20.3 Å². The third-order valence-corrected chi connectivity index (χ3v) is 3.26. The number of hydrogen-bond donors (Lipinski definition) is 1. The van der Waals surface area contributed by atoms with Crippen molar-refractivity contribution in [1.82, 2.24) is 9.78 Å². The fraction of sp³-hybridized carbons (Fsp3) is 0.438. The van der Waals surface area contributed by atoms with Crippen LogP contribution in [0.25, 0.3) is 5.69 Å². The van der Waals surface area contributed by atoms with E-state index in [-0.39, 0.29) is 19.0 Å². The Balaban J connectivity index is 0.000000299. The summed E-state index contributed by atoms with van der Waals surface area (Å²) < 4.78 is 24.9. The van der Waals surface area contributed by atoms with Crippen LogP contribution in [0.1, 0.15) is 24.1 Å². The molecule has 0 atom stereocenters. The molecule has 1 N–H and O–H groups in total. The molecular weight excluding hydrogens is 287 g/mol. The van der Waals surface area contributed by atoms with Gasteiger partial charge in [-0.15, -0.1) is 0 Å². The number of para-hydroxylation sites is 1. The molecule has 120 valence electrons. The molecule has 6 heteroatoms. The smallest absolute Gasteiger partial charge is 0.148 e. The largest absolute Gasteiger partial charge is 0.392 e. The van der Waals surface area contributed by atoms with E-state index in [1.807, 2.05) is 0 Å². The summed E-state index contributed by atoms with van der Waals surface area (Å²) in [6, 6.07) is 6.34. The topological polar surface area (TPSA) is 56.5 Å². The number of aliphatic hydroxyl groups is 1. The van der Waals surface area contributed by atoms with Gasteiger partial charge in [-0.3, -0.25) is 0 Å². The van der Waals surface area contributed by atoms with Gasteiger partial charge in [-0.1, -0.05) is 12.1 Å². The Bertz CT molecular complexity index is 575. The number of benzene rings is 1. The first-order chi connectivity index (χ1) is 10.8. The summed E-state index contributed by atoms with van der Waals surface area (Å²) in [4.78, 5) is 0. The number of aromatic nitrogens is 2. The van der Waals surface area contributed by atoms with Crippen LogP contribution in [0.4, 0.5) is 4.39 Å². The van der Waals surface area contributed by atoms with Crippen LogP contribution in [0.15, 0.2) is 30.5 Å². The Morgan fingerprint density at radius 3 is 2.59 bits per heavy atom. The molecule has 0 unspecified atom stereocenters. The van der Waals surface area contributed by atoms with Gasteiger partial charge in [0.15, 0.2) is 0 Å². The second kappa shape index (κ2) is 8.63. The van der Waals surface area contributed by atoms with Crippen molar-refractivity contribution in [2.45, 2.75) is 26.1 Å². The van der Waals surface area contributed by atoms with Gasteiger partial charge in [0.05, 0.1) is 18.9 Å². The molecule has 0 amide bonds. The van der Waals surface area contributed by atoms with Crippen LogP contribution in [0.3, 0.4) is 0 Å². The lowest BCUT2D eigenvalue weighted by atomic mass is 10.3. The highest BCUT2D eigenvalue weighted by Crippen LogP contribution is 2.16. The van der Waals surface area contributed by atoms with Crippen molar-refractivity contribution in [1.29, 1.82) is 0 Å². The molecule has 1 aliphatic rings. The Morgan fingerprint density at radius 2 is 2.05 bits per heavy atom. The van der Waals surface area contributed by atoms with Crippen LogP contribution in [0, 0.1) is 5.82 Å². The quantitative estimate of drug-likeness (QED) is 0.942. The summed E-state index contributed by atoms with van der Waals surface area (Å²) in [7, 11) is 1.54. The van der Waals surface area contributed by atoms with Gasteiger partial charge in [0, 0.05) is 32.1 Å². The van der Waals surface area contributed by atoms with E-state index < -0.39 is 0 Å². The molecule has 3 rings (SSSR count). The summed E-state index contributed by atoms with van der Waals surface area (Å²) in [6.45, 7) is 2.14. The van der Waals surface area contributed by atoms with E-state index in [0.717, 1.165) is 13.2 Å². The number of rotatable bonds is 4. The molecule has 1 aliphatic heterocycles. The van der Waals surface area contributed by atoms with E-state index in [1.165, 1.54) is 23.6 Å². The fourth-order valence-corrected chi connectivity index (χ4v) is 2.11. The Hall–Kier alpha value is -1.76. The molecule has 0 spiro atoms. The standard InChI is InChI=1S/C12H13FN2O2.C4H8O/c1-17-8-11-9(7-16)6-15(14-11)12-5-3-2-4-10(12)13;1-2-4-5-3-1/h2-6,16H,7-8H2,1H3;1-4H2. The molecule has 0 radical (unpaired) electrons. The molecule has 2 heterocycles. The van der Waals surface area contributed by atoms with Gasteiger partial charge >= 0.3 is 0 Å². The number of nitrogens with zero attached hydrogens (tertiary/aromatic N) is 2. The minimum atomic E-state index is -0.358. The molecule has 0 bridgehead atoms. The number of hydrogen-bond acceptors (Lipinski definition) is 4. The van der Waals surface area contributed by atoms with E-state index in [9.17, 15) is 9.50 Å². The first-order valence-corrected chi connectivity index (χ1v) is 7.26. The van der Waals surface area contributed by atoms with E-state index in [1.54, 1.807) is 31.5 Å². The number of methoxy groups -OCH3 is 1. The average Bonchev–Trinajstić information content (AvgIpc) is 3.21. The van der Waals surface area contributed by atoms with Crippen molar-refractivity contribution in [3.8, 4) is 5.69 Å². The van der Waals surface area contributed by atoms with Gasteiger partial charge in [-0.05, 0) is 25.0 Å². The van der Waals surface area contributed by atoms with Crippen LogP contribution in [-0.2, 0) is 22.7 Å². The van der Waals surface area contributed by atoms with Crippen LogP contribution < -0.4 is 0 Å². The summed E-state index contributed by atoms with van der Waals surface area (Å²) in [6.07, 6.45) is 4.16. The maximum atomic E-state index is 13.6. The minimum absolute atomic E-state index is 0.146. The van der Waals surface area contributed by atoms with E-state index >= 15 is 0 Å². The zero-order valence-corrected chi connectivity index (χ0v) is 12.7. The normalized spacial score (nSPS) is 13.8. The molecule has 0 saturated carbocycles. The molecule has 1 aromatic carbocycles. The highest BCUT2D eigenvalue weighted by atomic mass is 19.1. The molecule has 22 heavy (non-hydrogen) atoms. The minimum Gasteiger partial charge on any atom is -0.392 e. The third kappa shape index (κ3) is 4.37. The van der Waals surface area contributed by atoms with E-state index in [0.29, 0.717) is 16.9 Å². The van der Waals surface area contributed by atoms with Crippen LogP contribution in [-0.4, -0.2) is 35.2 Å². The predicted octanol–water partition coefficient (Wildman–Crippen LogP) is 2.45. The van der Waals surface area contributed by atoms with Crippen molar-refractivity contribution in [3.05, 3.63) is 47.5 Å². The van der Waals surface area contributed by atoms with Gasteiger partial charge in [0.2, 0.25) is 0 Å². The average molecular weight is 308 g/mol. The molecular formula is C16H21FN2O3. The fourth-order valence-electron chi connectivity index (χ4n) is 2.11. The van der Waals surface area contributed by atoms with Crippen molar-refractivity contribution < 1.29 is 19.0 Å². The zero-order chi connectivity index (χ0) is 15.8. The van der Waals surface area contributed by atoms with Crippen molar-refractivity contribution in [3.63, 3.8) is 0 Å². The van der Waals surface area contributed by atoms with E-state index in [2.05, 4.69) is 5.10 Å². The second-order valence-corrected chi connectivity index (χ2v) is 4.91. The van der Waals surface area contributed by atoms with E-state index in [4.69, 9.17) is 9.47 Å². The van der Waals surface area contributed by atoms with Crippen LogP contribution in [0.5, 0.6) is 0 Å². The number of ether oxygens (including phenoxy) is 2. The van der Waals surface area contributed by atoms with Gasteiger partial charge in [-0.25, -0.2) is 9.07 Å². The van der Waals surface area contributed by atoms with Gasteiger partial charge in [-0.2, -0.15) is 5.10 Å². The van der Waals surface area contributed by atoms with Gasteiger partial charge in [0.25, 0.3) is 0 Å². The van der Waals surface area contributed by atoms with Gasteiger partial charge < -0.3 is 14.6 Å². The van der Waals surface area contributed by atoms with Gasteiger partial charge in [0.1, 0.15) is 11.5 Å². The third-order valence-electron chi connectivity index (χ3n) is 3.26. The summed E-state index contributed by atoms with van der Waals surface area (Å²) in [5, 5.41) is 13.4. The van der Waals surface area contributed by atoms with Crippen molar-refractivity contribution in [2.24, 2.45) is 0 Å². The second-order valence-electron chi connectivity index (χ2n) is 4.91. The molecule has 0 aliphatic carbocycles. The summed E-state index contributed by atoms with van der Waals surface area (Å²) in [5.41, 5.74) is 1.60. The lowest BCUT2D eigenvalue weighted by Gasteiger charge is -2.01. The molecule has 1 aromatic heterocycles. The zero-order valence-electron chi connectivity index (χ0n) is 12.7. The molecule has 1 fully saturated rings. The lowest BCUT2D eigenvalue weighted by Crippen LogP contribution is -1.99. The maximum Gasteiger partial charge on any atom is 0.148 e. The van der Waals surface area contributed by atoms with Crippen LogP contribution in [0.2, 0.25) is 0 Å². The summed E-state index contributed by atoms with van der Waals surface area (Å²) in [5.74, 6) is -0.358. The van der Waals surface area contributed by atoms with Crippen LogP contribution >= 0.6 is 0 Å². The Labute approximate surface area is 129 Å². The number of halogens is 1. The monoisotopic (exact) mass is 308 g/mol. The molecule has 1 saturated heterocycles. The van der Waals surface area contributed by atoms with Crippen molar-refractivity contribution >= 4 is 0 Å². The summed E-state index contributed by atoms with van der Waals surface area (Å²) >= 11 is 0. The highest BCUT2D eigenvalue weighted by Gasteiger charge is 2.11. The maximum absolute atomic E-state index is 13.6. The highest BCUT2D eigenvalue weighted by molar-refractivity contribution is 5.34.